The molecule has 1 aliphatic heterocycles. The highest BCUT2D eigenvalue weighted by Crippen LogP contribution is 2.26. The number of piperidine rings is 1. The number of nitrogens with one attached hydrogen (secondary N) is 1. The molecule has 5 nitrogen and oxygen atoms in total. The number of rotatable bonds is 5. The Labute approximate surface area is 162 Å². The summed E-state index contributed by atoms with van der Waals surface area (Å²) < 4.78 is 11.3. The van der Waals surface area contributed by atoms with Crippen LogP contribution in [0.2, 0.25) is 0 Å². The molecule has 0 saturated carbocycles. The van der Waals surface area contributed by atoms with Crippen LogP contribution in [-0.2, 0) is 0 Å². The fourth-order valence-corrected chi connectivity index (χ4v) is 2.92. The molecule has 2 unspecified atom stereocenters. The topological polar surface area (TPSA) is 46.1 Å². The van der Waals surface area contributed by atoms with Gasteiger partial charge >= 0.3 is 0 Å². The number of aliphatic imine (C=N–C) groups is 1. The van der Waals surface area contributed by atoms with Gasteiger partial charge in [0.2, 0.25) is 0 Å². The zero-order valence-corrected chi connectivity index (χ0v) is 17.4. The summed E-state index contributed by atoms with van der Waals surface area (Å²) in [7, 11) is 3.50. The first kappa shape index (κ1) is 20.9. The second-order valence-corrected chi connectivity index (χ2v) is 6.20. The minimum atomic E-state index is 0. The van der Waals surface area contributed by atoms with Crippen molar-refractivity contribution in [2.75, 3.05) is 33.8 Å². The highest BCUT2D eigenvalue weighted by Gasteiger charge is 2.19. The molecular formula is C18H30IN3O2. The van der Waals surface area contributed by atoms with E-state index in [1.807, 2.05) is 38.2 Å². The van der Waals surface area contributed by atoms with Gasteiger partial charge in [-0.1, -0.05) is 19.1 Å². The summed E-state index contributed by atoms with van der Waals surface area (Å²) in [6.45, 7) is 7.20. The molecule has 2 atom stereocenters. The van der Waals surface area contributed by atoms with Crippen LogP contribution in [0.5, 0.6) is 11.5 Å². The Balaban J connectivity index is 0.00000288. The third-order valence-corrected chi connectivity index (χ3v) is 4.11. The van der Waals surface area contributed by atoms with Gasteiger partial charge < -0.3 is 19.7 Å². The lowest BCUT2D eigenvalue weighted by Gasteiger charge is -2.34. The molecule has 1 aromatic carbocycles. The van der Waals surface area contributed by atoms with E-state index in [4.69, 9.17) is 9.47 Å². The van der Waals surface area contributed by atoms with Crippen LogP contribution in [0, 0.1) is 5.92 Å². The molecule has 0 amide bonds. The Morgan fingerprint density at radius 1 is 1.38 bits per heavy atom. The highest BCUT2D eigenvalue weighted by atomic mass is 127. The van der Waals surface area contributed by atoms with Gasteiger partial charge in [0.25, 0.3) is 0 Å². The van der Waals surface area contributed by atoms with Gasteiger partial charge in [-0.15, -0.1) is 24.0 Å². The van der Waals surface area contributed by atoms with Crippen LogP contribution >= 0.6 is 24.0 Å². The molecule has 0 bridgehead atoms. The molecule has 2 rings (SSSR count). The maximum Gasteiger partial charge on any atom is 0.193 e. The van der Waals surface area contributed by atoms with E-state index in [1.54, 1.807) is 7.11 Å². The number of nitrogens with zero attached hydrogens (tertiary/aromatic N) is 2. The molecule has 6 heteroatoms. The van der Waals surface area contributed by atoms with E-state index in [-0.39, 0.29) is 30.1 Å². The fraction of sp³-hybridized carbons (Fsp3) is 0.611. The molecule has 1 aliphatic rings. The van der Waals surface area contributed by atoms with Gasteiger partial charge in [0.15, 0.2) is 17.5 Å². The summed E-state index contributed by atoms with van der Waals surface area (Å²) in [4.78, 5) is 6.75. The van der Waals surface area contributed by atoms with Crippen molar-refractivity contribution >= 4 is 29.9 Å². The van der Waals surface area contributed by atoms with Crippen molar-refractivity contribution in [3.63, 3.8) is 0 Å². The third kappa shape index (κ3) is 6.03. The van der Waals surface area contributed by atoms with Crippen LogP contribution in [0.15, 0.2) is 29.3 Å². The molecule has 0 radical (unpaired) electrons. The average Bonchev–Trinajstić information content (AvgIpc) is 2.56. The van der Waals surface area contributed by atoms with Crippen molar-refractivity contribution in [2.24, 2.45) is 10.9 Å². The van der Waals surface area contributed by atoms with E-state index >= 15 is 0 Å². The van der Waals surface area contributed by atoms with Crippen molar-refractivity contribution in [1.82, 2.24) is 10.2 Å². The van der Waals surface area contributed by atoms with Gasteiger partial charge in [-0.25, -0.2) is 0 Å². The van der Waals surface area contributed by atoms with Crippen molar-refractivity contribution in [3.05, 3.63) is 24.3 Å². The van der Waals surface area contributed by atoms with Crippen molar-refractivity contribution in [1.29, 1.82) is 0 Å². The maximum absolute atomic E-state index is 5.98. The van der Waals surface area contributed by atoms with E-state index in [2.05, 4.69) is 22.1 Å². The Morgan fingerprint density at radius 2 is 2.08 bits per heavy atom. The van der Waals surface area contributed by atoms with E-state index in [9.17, 15) is 0 Å². The molecule has 136 valence electrons. The Hall–Kier alpha value is -1.18. The highest BCUT2D eigenvalue weighted by molar-refractivity contribution is 14.0. The molecule has 1 saturated heterocycles. The van der Waals surface area contributed by atoms with E-state index in [0.29, 0.717) is 6.54 Å². The number of guanidine groups is 1. The van der Waals surface area contributed by atoms with Crippen molar-refractivity contribution < 1.29 is 9.47 Å². The number of halogens is 1. The van der Waals surface area contributed by atoms with Gasteiger partial charge in [-0.2, -0.15) is 0 Å². The van der Waals surface area contributed by atoms with E-state index in [1.165, 1.54) is 12.8 Å². The van der Waals surface area contributed by atoms with Crippen LogP contribution in [-0.4, -0.2) is 50.8 Å². The summed E-state index contributed by atoms with van der Waals surface area (Å²) in [5.74, 6) is 3.22. The fourth-order valence-electron chi connectivity index (χ4n) is 2.92. The normalized spacial score (nSPS) is 19.2. The standard InChI is InChI=1S/C18H29N3O2.HI/c1-14-8-7-11-21(13-14)18(19-3)20-12-15(2)23-17-10-6-5-9-16(17)22-4;/h5-6,9-10,14-15H,7-8,11-13H2,1-4H3,(H,19,20);1H. The Bertz CT molecular complexity index is 525. The van der Waals surface area contributed by atoms with E-state index < -0.39 is 0 Å². The predicted molar refractivity (Wildman–Crippen MR) is 110 cm³/mol. The molecule has 0 spiro atoms. The zero-order valence-electron chi connectivity index (χ0n) is 15.1. The first-order valence-electron chi connectivity index (χ1n) is 8.39. The predicted octanol–water partition coefficient (Wildman–Crippen LogP) is 3.39. The largest absolute Gasteiger partial charge is 0.493 e. The van der Waals surface area contributed by atoms with Crippen LogP contribution in [0.3, 0.4) is 0 Å². The molecule has 0 aromatic heterocycles. The molecule has 1 heterocycles. The number of para-hydroxylation sites is 2. The second-order valence-electron chi connectivity index (χ2n) is 6.20. The lowest BCUT2D eigenvalue weighted by atomic mass is 10.0. The van der Waals surface area contributed by atoms with Crippen LogP contribution in [0.4, 0.5) is 0 Å². The second kappa shape index (κ2) is 10.6. The number of hydrogen-bond donors (Lipinski definition) is 1. The number of likely N-dealkylation sites (tertiary alicyclic amines) is 1. The molecule has 24 heavy (non-hydrogen) atoms. The van der Waals surface area contributed by atoms with E-state index in [0.717, 1.165) is 36.5 Å². The Kier molecular flexibility index (Phi) is 9.25. The van der Waals surface area contributed by atoms with Crippen LogP contribution in [0.1, 0.15) is 26.7 Å². The molecule has 1 aromatic rings. The lowest BCUT2D eigenvalue weighted by Crippen LogP contribution is -2.48. The summed E-state index contributed by atoms with van der Waals surface area (Å²) >= 11 is 0. The first-order chi connectivity index (χ1) is 11.1. The minimum Gasteiger partial charge on any atom is -0.493 e. The van der Waals surface area contributed by atoms with Gasteiger partial charge in [0, 0.05) is 20.1 Å². The number of hydrogen-bond acceptors (Lipinski definition) is 3. The smallest absolute Gasteiger partial charge is 0.193 e. The molecular weight excluding hydrogens is 417 g/mol. The van der Waals surface area contributed by atoms with Gasteiger partial charge in [-0.3, -0.25) is 4.99 Å². The number of benzene rings is 1. The summed E-state index contributed by atoms with van der Waals surface area (Å²) in [6, 6.07) is 7.72. The maximum atomic E-state index is 5.98. The minimum absolute atomic E-state index is 0. The molecule has 0 aliphatic carbocycles. The van der Waals surface area contributed by atoms with Crippen LogP contribution < -0.4 is 14.8 Å². The molecule has 1 N–H and O–H groups in total. The van der Waals surface area contributed by atoms with Crippen molar-refractivity contribution in [3.8, 4) is 11.5 Å². The SMILES string of the molecule is CN=C(NCC(C)Oc1ccccc1OC)N1CCCC(C)C1.I. The third-order valence-electron chi connectivity index (χ3n) is 4.11. The van der Waals surface area contributed by atoms with Crippen molar-refractivity contribution in [2.45, 2.75) is 32.8 Å². The Morgan fingerprint density at radius 3 is 2.71 bits per heavy atom. The summed E-state index contributed by atoms with van der Waals surface area (Å²) in [6.07, 6.45) is 2.56. The molecule has 1 fully saturated rings. The van der Waals surface area contributed by atoms with Crippen LogP contribution in [0.25, 0.3) is 0 Å². The number of ether oxygens (including phenoxy) is 2. The van der Waals surface area contributed by atoms with Gasteiger partial charge in [-0.05, 0) is 37.8 Å². The summed E-state index contributed by atoms with van der Waals surface area (Å²) in [5.41, 5.74) is 0. The monoisotopic (exact) mass is 447 g/mol. The van der Waals surface area contributed by atoms with Gasteiger partial charge in [0.05, 0.1) is 13.7 Å². The zero-order chi connectivity index (χ0) is 16.7. The lowest BCUT2D eigenvalue weighted by molar-refractivity contribution is 0.209. The first-order valence-corrected chi connectivity index (χ1v) is 8.39. The summed E-state index contributed by atoms with van der Waals surface area (Å²) in [5, 5.41) is 3.43. The van der Waals surface area contributed by atoms with Gasteiger partial charge in [0.1, 0.15) is 6.10 Å². The quantitative estimate of drug-likeness (QED) is 0.427. The average molecular weight is 447 g/mol. The number of methoxy groups -OCH3 is 1.